The van der Waals surface area contributed by atoms with Crippen molar-refractivity contribution in [3.8, 4) is 0 Å². The van der Waals surface area contributed by atoms with Crippen LogP contribution in [-0.4, -0.2) is 44.8 Å². The lowest BCUT2D eigenvalue weighted by molar-refractivity contribution is 0.0923. The van der Waals surface area contributed by atoms with Crippen molar-refractivity contribution in [2.75, 3.05) is 18.0 Å². The molecule has 0 aliphatic carbocycles. The molecular weight excluding hydrogens is 348 g/mol. The number of hydrogen-bond acceptors (Lipinski definition) is 6. The molecule has 1 saturated heterocycles. The van der Waals surface area contributed by atoms with Gasteiger partial charge >= 0.3 is 0 Å². The fourth-order valence-electron chi connectivity index (χ4n) is 3.55. The van der Waals surface area contributed by atoms with E-state index in [-0.39, 0.29) is 11.9 Å². The van der Waals surface area contributed by atoms with Crippen LogP contribution in [-0.2, 0) is 7.05 Å². The van der Waals surface area contributed by atoms with Crippen LogP contribution in [0.15, 0.2) is 18.6 Å². The highest BCUT2D eigenvalue weighted by Gasteiger charge is 2.26. The molecule has 3 aromatic heterocycles. The Labute approximate surface area is 156 Å². The number of fused-ring (bicyclic) bond motifs is 1. The Kier molecular flexibility index (Phi) is 4.36. The van der Waals surface area contributed by atoms with Crippen molar-refractivity contribution >= 4 is 33.3 Å². The van der Waals surface area contributed by atoms with E-state index in [9.17, 15) is 4.79 Å². The summed E-state index contributed by atoms with van der Waals surface area (Å²) < 4.78 is 1.60. The molecule has 1 atom stereocenters. The Morgan fingerprint density at radius 1 is 1.35 bits per heavy atom. The number of nitrogens with zero attached hydrogens (tertiary/aromatic N) is 5. The van der Waals surface area contributed by atoms with E-state index in [1.807, 2.05) is 0 Å². The Balaban J connectivity index is 1.56. The summed E-state index contributed by atoms with van der Waals surface area (Å²) in [5.41, 5.74) is 1.83. The van der Waals surface area contributed by atoms with E-state index in [2.05, 4.69) is 39.1 Å². The van der Waals surface area contributed by atoms with Gasteiger partial charge in [-0.05, 0) is 38.3 Å². The second-order valence-electron chi connectivity index (χ2n) is 6.76. The van der Waals surface area contributed by atoms with E-state index < -0.39 is 0 Å². The summed E-state index contributed by atoms with van der Waals surface area (Å²) in [6.07, 6.45) is 5.27. The zero-order valence-electron chi connectivity index (χ0n) is 15.2. The fourth-order valence-corrected chi connectivity index (χ4v) is 4.54. The average molecular weight is 370 g/mol. The number of nitrogens with one attached hydrogen (secondary N) is 1. The highest BCUT2D eigenvalue weighted by molar-refractivity contribution is 7.18. The number of carbonyl (C=O) groups is 1. The largest absolute Gasteiger partial charge is 0.354 e. The van der Waals surface area contributed by atoms with E-state index in [4.69, 9.17) is 0 Å². The van der Waals surface area contributed by atoms with Gasteiger partial charge in [-0.2, -0.15) is 5.10 Å². The molecule has 26 heavy (non-hydrogen) atoms. The average Bonchev–Trinajstić information content (AvgIpc) is 3.18. The molecule has 0 spiro atoms. The minimum atomic E-state index is -0.0766. The summed E-state index contributed by atoms with van der Waals surface area (Å²) in [5.74, 6) is 0.906. The molecule has 8 heteroatoms. The highest BCUT2D eigenvalue weighted by Crippen LogP contribution is 2.35. The third-order valence-corrected chi connectivity index (χ3v) is 6.17. The Hall–Kier alpha value is -2.48. The molecule has 1 aliphatic rings. The van der Waals surface area contributed by atoms with Gasteiger partial charge in [0.15, 0.2) is 0 Å². The predicted molar refractivity (Wildman–Crippen MR) is 103 cm³/mol. The van der Waals surface area contributed by atoms with Crippen molar-refractivity contribution in [3.63, 3.8) is 0 Å². The van der Waals surface area contributed by atoms with Crippen molar-refractivity contribution < 1.29 is 4.79 Å². The van der Waals surface area contributed by atoms with Gasteiger partial charge in [0, 0.05) is 37.3 Å². The van der Waals surface area contributed by atoms with Gasteiger partial charge in [0.25, 0.3) is 5.91 Å². The Morgan fingerprint density at radius 3 is 2.96 bits per heavy atom. The molecule has 1 amide bonds. The lowest BCUT2D eigenvalue weighted by atomic mass is 10.0. The molecule has 1 N–H and O–H groups in total. The van der Waals surface area contributed by atoms with Gasteiger partial charge in [-0.1, -0.05) is 0 Å². The van der Waals surface area contributed by atoms with Gasteiger partial charge < -0.3 is 10.2 Å². The first-order valence-corrected chi connectivity index (χ1v) is 9.60. The summed E-state index contributed by atoms with van der Waals surface area (Å²) in [6, 6.07) is 1.83. The number of aromatic nitrogens is 4. The number of carbonyl (C=O) groups excluding carboxylic acids is 1. The lowest BCUT2D eigenvalue weighted by Gasteiger charge is -2.34. The summed E-state index contributed by atoms with van der Waals surface area (Å²) >= 11 is 1.71. The monoisotopic (exact) mass is 370 g/mol. The number of piperidine rings is 1. The van der Waals surface area contributed by atoms with Crippen LogP contribution in [0.2, 0.25) is 0 Å². The van der Waals surface area contributed by atoms with Crippen LogP contribution in [0.1, 0.15) is 33.8 Å². The first-order chi connectivity index (χ1) is 12.5. The minimum absolute atomic E-state index is 0.0766. The summed E-state index contributed by atoms with van der Waals surface area (Å²) in [7, 11) is 1.78. The van der Waals surface area contributed by atoms with E-state index in [1.165, 1.54) is 10.4 Å². The van der Waals surface area contributed by atoms with Crippen LogP contribution in [0, 0.1) is 13.8 Å². The molecule has 7 nitrogen and oxygen atoms in total. The Morgan fingerprint density at radius 2 is 2.19 bits per heavy atom. The van der Waals surface area contributed by atoms with Gasteiger partial charge in [-0.15, -0.1) is 11.3 Å². The van der Waals surface area contributed by atoms with Crippen LogP contribution in [0.4, 0.5) is 5.82 Å². The minimum Gasteiger partial charge on any atom is -0.354 e. The van der Waals surface area contributed by atoms with Crippen LogP contribution < -0.4 is 10.2 Å². The van der Waals surface area contributed by atoms with Gasteiger partial charge in [-0.25, -0.2) is 9.97 Å². The number of anilines is 1. The molecule has 4 heterocycles. The first-order valence-electron chi connectivity index (χ1n) is 8.79. The quantitative estimate of drug-likeness (QED) is 0.766. The van der Waals surface area contributed by atoms with Gasteiger partial charge in [0.2, 0.25) is 0 Å². The molecule has 1 aliphatic heterocycles. The van der Waals surface area contributed by atoms with Crippen LogP contribution in [0.5, 0.6) is 0 Å². The highest BCUT2D eigenvalue weighted by atomic mass is 32.1. The molecule has 0 aromatic carbocycles. The molecule has 1 fully saturated rings. The number of amides is 1. The zero-order chi connectivity index (χ0) is 18.3. The van der Waals surface area contributed by atoms with Crippen LogP contribution in [0.25, 0.3) is 10.2 Å². The van der Waals surface area contributed by atoms with Gasteiger partial charge in [-0.3, -0.25) is 9.48 Å². The van der Waals surface area contributed by atoms with Crippen molar-refractivity contribution in [2.45, 2.75) is 32.7 Å². The molecule has 3 aromatic rings. The molecule has 0 radical (unpaired) electrons. The zero-order valence-corrected chi connectivity index (χ0v) is 16.0. The maximum absolute atomic E-state index is 12.5. The summed E-state index contributed by atoms with van der Waals surface area (Å²) in [5, 5.41) is 8.36. The van der Waals surface area contributed by atoms with E-state index in [1.54, 1.807) is 41.7 Å². The molecule has 4 rings (SSSR count). The molecule has 0 bridgehead atoms. The first kappa shape index (κ1) is 17.0. The second kappa shape index (κ2) is 6.68. The lowest BCUT2D eigenvalue weighted by Crippen LogP contribution is -2.48. The second-order valence-corrected chi connectivity index (χ2v) is 7.96. The standard InChI is InChI=1S/C18H22N6OS/c1-11-12(2)26-18-15(11)16(19-10-20-18)24-8-4-5-13(9-24)22-17(25)14-6-7-21-23(14)3/h6-7,10,13H,4-5,8-9H2,1-3H3,(H,22,25). The van der Waals surface area contributed by atoms with Crippen molar-refractivity contribution in [2.24, 2.45) is 7.05 Å². The predicted octanol–water partition coefficient (Wildman–Crippen LogP) is 2.44. The van der Waals surface area contributed by atoms with Gasteiger partial charge in [0.1, 0.15) is 22.7 Å². The third-order valence-electron chi connectivity index (χ3n) is 5.06. The van der Waals surface area contributed by atoms with E-state index in [0.29, 0.717) is 5.69 Å². The number of aryl methyl sites for hydroxylation is 3. The smallest absolute Gasteiger partial charge is 0.269 e. The number of thiophene rings is 1. The third kappa shape index (κ3) is 2.94. The van der Waals surface area contributed by atoms with Crippen LogP contribution >= 0.6 is 11.3 Å². The molecular formula is C18H22N6OS. The SMILES string of the molecule is Cc1sc2ncnc(N3CCCC(NC(=O)c4ccnn4C)C3)c2c1C. The molecule has 1 unspecified atom stereocenters. The van der Waals surface area contributed by atoms with E-state index in [0.717, 1.165) is 42.0 Å². The number of hydrogen-bond donors (Lipinski definition) is 1. The maximum Gasteiger partial charge on any atom is 0.269 e. The van der Waals surface area contributed by atoms with Crippen molar-refractivity contribution in [1.29, 1.82) is 0 Å². The summed E-state index contributed by atoms with van der Waals surface area (Å²) in [4.78, 5) is 26.1. The molecule has 136 valence electrons. The van der Waals surface area contributed by atoms with Gasteiger partial charge in [0.05, 0.1) is 5.39 Å². The number of rotatable bonds is 3. The van der Waals surface area contributed by atoms with Crippen LogP contribution in [0.3, 0.4) is 0 Å². The van der Waals surface area contributed by atoms with Crippen molar-refractivity contribution in [1.82, 2.24) is 25.1 Å². The Bertz CT molecular complexity index is 962. The van der Waals surface area contributed by atoms with Crippen molar-refractivity contribution in [3.05, 3.63) is 34.7 Å². The summed E-state index contributed by atoms with van der Waals surface area (Å²) in [6.45, 7) is 5.95. The normalized spacial score (nSPS) is 17.7. The van der Waals surface area contributed by atoms with E-state index >= 15 is 0 Å². The topological polar surface area (TPSA) is 75.9 Å². The molecule has 0 saturated carbocycles. The fraction of sp³-hybridized carbons (Fsp3) is 0.444. The maximum atomic E-state index is 12.5.